The Kier molecular flexibility index (Phi) is 6.26. The minimum absolute atomic E-state index is 0.0316. The van der Waals surface area contributed by atoms with Crippen molar-refractivity contribution in [3.05, 3.63) is 0 Å². The predicted molar refractivity (Wildman–Crippen MR) is 79.3 cm³/mol. The second kappa shape index (κ2) is 7.49. The monoisotopic (exact) mass is 301 g/mol. The quantitative estimate of drug-likeness (QED) is 0.787. The van der Waals surface area contributed by atoms with Gasteiger partial charge in [-0.25, -0.2) is 9.59 Å². The van der Waals surface area contributed by atoms with E-state index in [0.29, 0.717) is 39.4 Å². The maximum atomic E-state index is 12.2. The van der Waals surface area contributed by atoms with Crippen LogP contribution >= 0.6 is 0 Å². The number of likely N-dealkylation sites (N-methyl/N-ethyl adjacent to an activating group) is 2. The fourth-order valence-corrected chi connectivity index (χ4v) is 1.82. The Morgan fingerprint density at radius 3 is 2.14 bits per heavy atom. The molecule has 0 radical (unpaired) electrons. The fraction of sp³-hybridized carbons (Fsp3) is 0.857. The van der Waals surface area contributed by atoms with Crippen LogP contribution < -0.4 is 0 Å². The molecule has 7 nitrogen and oxygen atoms in total. The van der Waals surface area contributed by atoms with Crippen LogP contribution in [0.5, 0.6) is 0 Å². The van der Waals surface area contributed by atoms with Crippen molar-refractivity contribution in [2.75, 3.05) is 53.5 Å². The van der Waals surface area contributed by atoms with E-state index in [2.05, 4.69) is 0 Å². The van der Waals surface area contributed by atoms with Crippen molar-refractivity contribution in [1.82, 2.24) is 14.7 Å². The number of morpholine rings is 1. The summed E-state index contributed by atoms with van der Waals surface area (Å²) in [6, 6.07) is -0.0316. The third-order valence-corrected chi connectivity index (χ3v) is 3.08. The molecule has 0 bridgehead atoms. The first-order valence-electron chi connectivity index (χ1n) is 7.22. The van der Waals surface area contributed by atoms with Gasteiger partial charge < -0.3 is 24.2 Å². The van der Waals surface area contributed by atoms with Crippen molar-refractivity contribution in [3.8, 4) is 0 Å². The zero-order valence-corrected chi connectivity index (χ0v) is 13.7. The van der Waals surface area contributed by atoms with Crippen molar-refractivity contribution in [3.63, 3.8) is 0 Å². The predicted octanol–water partition coefficient (Wildman–Crippen LogP) is 1.24. The van der Waals surface area contributed by atoms with Crippen LogP contribution in [0.4, 0.5) is 9.59 Å². The SMILES string of the molecule is CN(CCN(C)C(=O)N1CCOCC1)C(=O)OC(C)(C)C. The minimum atomic E-state index is -0.513. The van der Waals surface area contributed by atoms with Crippen LogP contribution in [0, 0.1) is 0 Å². The molecule has 1 saturated heterocycles. The summed E-state index contributed by atoms with van der Waals surface area (Å²) in [7, 11) is 3.40. The zero-order valence-electron chi connectivity index (χ0n) is 13.7. The lowest BCUT2D eigenvalue weighted by atomic mass is 10.2. The molecule has 3 amide bonds. The molecule has 0 unspecified atom stereocenters. The highest BCUT2D eigenvalue weighted by Gasteiger charge is 2.22. The number of hydrogen-bond donors (Lipinski definition) is 0. The number of hydrogen-bond acceptors (Lipinski definition) is 4. The highest BCUT2D eigenvalue weighted by Crippen LogP contribution is 2.09. The third-order valence-electron chi connectivity index (χ3n) is 3.08. The summed E-state index contributed by atoms with van der Waals surface area (Å²) in [4.78, 5) is 28.8. The van der Waals surface area contributed by atoms with Gasteiger partial charge in [0.05, 0.1) is 13.2 Å². The lowest BCUT2D eigenvalue weighted by Crippen LogP contribution is -2.48. The van der Waals surface area contributed by atoms with E-state index in [4.69, 9.17) is 9.47 Å². The maximum Gasteiger partial charge on any atom is 0.410 e. The summed E-state index contributed by atoms with van der Waals surface area (Å²) < 4.78 is 10.5. The largest absolute Gasteiger partial charge is 0.444 e. The van der Waals surface area contributed by atoms with Gasteiger partial charge in [0, 0.05) is 40.3 Å². The molecule has 0 aliphatic carbocycles. The highest BCUT2D eigenvalue weighted by molar-refractivity contribution is 5.74. The number of nitrogens with zero attached hydrogens (tertiary/aromatic N) is 3. The van der Waals surface area contributed by atoms with Crippen molar-refractivity contribution in [2.45, 2.75) is 26.4 Å². The molecule has 1 fully saturated rings. The van der Waals surface area contributed by atoms with Crippen molar-refractivity contribution in [1.29, 1.82) is 0 Å². The molecule has 1 aliphatic heterocycles. The van der Waals surface area contributed by atoms with E-state index in [0.717, 1.165) is 0 Å². The maximum absolute atomic E-state index is 12.2. The van der Waals surface area contributed by atoms with Gasteiger partial charge in [-0.2, -0.15) is 0 Å². The van der Waals surface area contributed by atoms with Crippen molar-refractivity contribution >= 4 is 12.1 Å². The Morgan fingerprint density at radius 2 is 1.62 bits per heavy atom. The van der Waals surface area contributed by atoms with Crippen molar-refractivity contribution < 1.29 is 19.1 Å². The number of rotatable bonds is 3. The van der Waals surface area contributed by atoms with Gasteiger partial charge in [-0.05, 0) is 20.8 Å². The molecular weight excluding hydrogens is 274 g/mol. The lowest BCUT2D eigenvalue weighted by Gasteiger charge is -2.32. The van der Waals surface area contributed by atoms with Crippen LogP contribution in [0.2, 0.25) is 0 Å². The second-order valence-corrected chi connectivity index (χ2v) is 6.21. The van der Waals surface area contributed by atoms with Crippen LogP contribution in [0.1, 0.15) is 20.8 Å². The van der Waals surface area contributed by atoms with Crippen LogP contribution in [-0.4, -0.2) is 85.9 Å². The summed E-state index contributed by atoms with van der Waals surface area (Å²) in [6.07, 6.45) is -0.380. The Labute approximate surface area is 126 Å². The standard InChI is InChI=1S/C14H27N3O4/c1-14(2,3)21-13(19)16(5)7-6-15(4)12(18)17-8-10-20-11-9-17/h6-11H2,1-5H3. The molecule has 0 N–H and O–H groups in total. The van der Waals surface area contributed by atoms with Crippen LogP contribution in [-0.2, 0) is 9.47 Å². The molecule has 1 heterocycles. The number of amides is 3. The molecule has 0 saturated carbocycles. The summed E-state index contributed by atoms with van der Waals surface area (Å²) in [5.74, 6) is 0. The molecule has 122 valence electrons. The number of carbonyl (C=O) groups excluding carboxylic acids is 2. The molecule has 1 rings (SSSR count). The third kappa shape index (κ3) is 6.20. The highest BCUT2D eigenvalue weighted by atomic mass is 16.6. The fourth-order valence-electron chi connectivity index (χ4n) is 1.82. The summed E-state index contributed by atoms with van der Waals surface area (Å²) in [5.41, 5.74) is -0.513. The molecule has 21 heavy (non-hydrogen) atoms. The van der Waals surface area contributed by atoms with E-state index in [1.54, 1.807) is 23.9 Å². The molecule has 1 aliphatic rings. The van der Waals surface area contributed by atoms with Gasteiger partial charge in [-0.15, -0.1) is 0 Å². The molecule has 0 spiro atoms. The normalized spacial score (nSPS) is 15.6. The zero-order chi connectivity index (χ0) is 16.0. The van der Waals surface area contributed by atoms with Gasteiger partial charge in [-0.3, -0.25) is 0 Å². The number of urea groups is 1. The molecule has 7 heteroatoms. The Hall–Kier alpha value is -1.50. The van der Waals surface area contributed by atoms with Gasteiger partial charge in [0.15, 0.2) is 0 Å². The van der Waals surface area contributed by atoms with Gasteiger partial charge in [0.25, 0.3) is 0 Å². The van der Waals surface area contributed by atoms with E-state index < -0.39 is 5.60 Å². The van der Waals surface area contributed by atoms with E-state index in [1.807, 2.05) is 20.8 Å². The first-order chi connectivity index (χ1) is 9.70. The first-order valence-corrected chi connectivity index (χ1v) is 7.22. The first kappa shape index (κ1) is 17.6. The Balaban J connectivity index is 2.35. The summed E-state index contributed by atoms with van der Waals surface area (Å²) in [5, 5.41) is 0. The van der Waals surface area contributed by atoms with E-state index >= 15 is 0 Å². The van der Waals surface area contributed by atoms with Crippen molar-refractivity contribution in [2.24, 2.45) is 0 Å². The smallest absolute Gasteiger partial charge is 0.410 e. The van der Waals surface area contributed by atoms with Gasteiger partial charge in [0.2, 0.25) is 0 Å². The Morgan fingerprint density at radius 1 is 1.10 bits per heavy atom. The van der Waals surface area contributed by atoms with E-state index in [9.17, 15) is 9.59 Å². The van der Waals surface area contributed by atoms with Crippen LogP contribution in [0.3, 0.4) is 0 Å². The molecule has 0 atom stereocenters. The average Bonchev–Trinajstić information content (AvgIpc) is 2.42. The summed E-state index contributed by atoms with van der Waals surface area (Å²) in [6.45, 7) is 8.77. The second-order valence-electron chi connectivity index (χ2n) is 6.21. The number of carbonyl (C=O) groups is 2. The molecule has 0 aromatic heterocycles. The lowest BCUT2D eigenvalue weighted by molar-refractivity contribution is 0.0275. The van der Waals surface area contributed by atoms with Gasteiger partial charge >= 0.3 is 12.1 Å². The minimum Gasteiger partial charge on any atom is -0.444 e. The van der Waals surface area contributed by atoms with E-state index in [1.165, 1.54) is 4.90 Å². The topological polar surface area (TPSA) is 62.3 Å². The van der Waals surface area contributed by atoms with Gasteiger partial charge in [0.1, 0.15) is 5.60 Å². The van der Waals surface area contributed by atoms with Crippen LogP contribution in [0.15, 0.2) is 0 Å². The molecule has 0 aromatic carbocycles. The molecule has 0 aromatic rings. The van der Waals surface area contributed by atoms with Crippen LogP contribution in [0.25, 0.3) is 0 Å². The van der Waals surface area contributed by atoms with E-state index in [-0.39, 0.29) is 12.1 Å². The molecular formula is C14H27N3O4. The van der Waals surface area contributed by atoms with Gasteiger partial charge in [-0.1, -0.05) is 0 Å². The number of ether oxygens (including phenoxy) is 2. The summed E-state index contributed by atoms with van der Waals surface area (Å²) >= 11 is 0. The average molecular weight is 301 g/mol. The Bertz CT molecular complexity index is 362.